The van der Waals surface area contributed by atoms with Crippen molar-refractivity contribution in [1.29, 1.82) is 0 Å². The Morgan fingerprint density at radius 1 is 1.09 bits per heavy atom. The largest absolute Gasteiger partial charge is 0.459 e. The molecular weight excluding hydrogens is 450 g/mol. The number of rotatable bonds is 8. The van der Waals surface area contributed by atoms with Crippen LogP contribution in [0.3, 0.4) is 0 Å². The van der Waals surface area contributed by atoms with E-state index in [0.717, 1.165) is 46.5 Å². The molecule has 0 radical (unpaired) electrons. The molecule has 1 unspecified atom stereocenters. The van der Waals surface area contributed by atoms with E-state index in [0.29, 0.717) is 19.8 Å². The molecule has 2 aromatic carbocycles. The van der Waals surface area contributed by atoms with Gasteiger partial charge in [0.1, 0.15) is 11.3 Å². The highest BCUT2D eigenvalue weighted by Gasteiger charge is 2.22. The van der Waals surface area contributed by atoms with E-state index in [9.17, 15) is 4.79 Å². The Morgan fingerprint density at radius 3 is 2.65 bits per heavy atom. The number of ether oxygens (including phenoxy) is 1. The number of anilines is 1. The van der Waals surface area contributed by atoms with E-state index in [1.807, 2.05) is 55.5 Å². The van der Waals surface area contributed by atoms with Crippen LogP contribution in [0.2, 0.25) is 0 Å². The smallest absolute Gasteiger partial charge is 0.231 e. The number of morpholine rings is 1. The third kappa shape index (κ3) is 5.10. The summed E-state index contributed by atoms with van der Waals surface area (Å²) in [6.45, 7) is 5.44. The van der Waals surface area contributed by atoms with Crippen molar-refractivity contribution < 1.29 is 13.9 Å². The van der Waals surface area contributed by atoms with Gasteiger partial charge in [-0.2, -0.15) is 0 Å². The average Bonchev–Trinajstić information content (AvgIpc) is 3.48. The molecule has 1 atom stereocenters. The van der Waals surface area contributed by atoms with Crippen molar-refractivity contribution in [2.45, 2.75) is 24.7 Å². The molecule has 8 nitrogen and oxygen atoms in total. The van der Waals surface area contributed by atoms with Gasteiger partial charge < -0.3 is 19.4 Å². The van der Waals surface area contributed by atoms with Crippen LogP contribution in [-0.4, -0.2) is 52.7 Å². The zero-order valence-electron chi connectivity index (χ0n) is 19.0. The fraction of sp³-hybridized carbons (Fsp3) is 0.320. The molecule has 3 heterocycles. The van der Waals surface area contributed by atoms with Gasteiger partial charge in [0, 0.05) is 18.5 Å². The number of nitrogens with one attached hydrogen (secondary N) is 1. The minimum absolute atomic E-state index is 0.0832. The van der Waals surface area contributed by atoms with E-state index < -0.39 is 0 Å². The maximum Gasteiger partial charge on any atom is 0.231 e. The molecule has 34 heavy (non-hydrogen) atoms. The first-order valence-corrected chi connectivity index (χ1v) is 12.4. The maximum absolute atomic E-state index is 12.7. The predicted molar refractivity (Wildman–Crippen MR) is 132 cm³/mol. The Morgan fingerprint density at radius 2 is 1.85 bits per heavy atom. The second-order valence-electron chi connectivity index (χ2n) is 8.22. The number of nitrogens with zero attached hydrogens (tertiary/aromatic N) is 4. The van der Waals surface area contributed by atoms with Gasteiger partial charge in [0.05, 0.1) is 31.6 Å². The number of thioether (sulfide) groups is 1. The standard InChI is InChI=1S/C25H27N5O3S/c1-18(22-15-20-9-5-6-10-21(20)33-22)26-23(31)17-34-25-28-27-24(29-11-13-32-14-12-29)30(25)16-19-7-3-2-4-8-19/h2-10,15,18H,11-14,16-17H2,1H3,(H,26,31). The lowest BCUT2D eigenvalue weighted by atomic mass is 10.2. The minimum atomic E-state index is -0.230. The lowest BCUT2D eigenvalue weighted by Crippen LogP contribution is -2.38. The summed E-state index contributed by atoms with van der Waals surface area (Å²) in [6.07, 6.45) is 0. The van der Waals surface area contributed by atoms with Gasteiger partial charge in [-0.1, -0.05) is 60.3 Å². The highest BCUT2D eigenvalue weighted by atomic mass is 32.2. The monoisotopic (exact) mass is 477 g/mol. The zero-order chi connectivity index (χ0) is 23.3. The summed E-state index contributed by atoms with van der Waals surface area (Å²) in [5.74, 6) is 1.70. The first-order chi connectivity index (χ1) is 16.7. The Bertz CT molecular complexity index is 1220. The van der Waals surface area contributed by atoms with Crippen LogP contribution < -0.4 is 10.2 Å². The topological polar surface area (TPSA) is 85.4 Å². The summed E-state index contributed by atoms with van der Waals surface area (Å²) >= 11 is 1.39. The van der Waals surface area contributed by atoms with Crippen molar-refractivity contribution in [3.05, 3.63) is 72.0 Å². The van der Waals surface area contributed by atoms with Gasteiger partial charge >= 0.3 is 0 Å². The number of fused-ring (bicyclic) bond motifs is 1. The Hall–Kier alpha value is -3.30. The number of aromatic nitrogens is 3. The van der Waals surface area contributed by atoms with Crippen LogP contribution in [0, 0.1) is 0 Å². The van der Waals surface area contributed by atoms with Crippen LogP contribution in [0.4, 0.5) is 5.95 Å². The molecule has 9 heteroatoms. The van der Waals surface area contributed by atoms with Crippen molar-refractivity contribution in [1.82, 2.24) is 20.1 Å². The lowest BCUT2D eigenvalue weighted by molar-refractivity contribution is -0.119. The number of amides is 1. The Kier molecular flexibility index (Phi) is 6.82. The number of carbonyl (C=O) groups excluding carboxylic acids is 1. The fourth-order valence-corrected chi connectivity index (χ4v) is 4.73. The van der Waals surface area contributed by atoms with Crippen LogP contribution in [0.25, 0.3) is 11.0 Å². The molecule has 0 saturated carbocycles. The quantitative estimate of drug-likeness (QED) is 0.386. The van der Waals surface area contributed by atoms with Gasteiger partial charge in [-0.25, -0.2) is 0 Å². The Labute approximate surface area is 202 Å². The number of carbonyl (C=O) groups is 1. The number of hydrogen-bond donors (Lipinski definition) is 1. The van der Waals surface area contributed by atoms with Gasteiger partial charge in [0.15, 0.2) is 5.16 Å². The molecule has 1 N–H and O–H groups in total. The van der Waals surface area contributed by atoms with E-state index >= 15 is 0 Å². The fourth-order valence-electron chi connectivity index (χ4n) is 3.99. The van der Waals surface area contributed by atoms with Gasteiger partial charge in [0.2, 0.25) is 11.9 Å². The van der Waals surface area contributed by atoms with Gasteiger partial charge in [-0.05, 0) is 24.6 Å². The SMILES string of the molecule is CC(NC(=O)CSc1nnc(N2CCOCC2)n1Cc1ccccc1)c1cc2ccccc2o1. The van der Waals surface area contributed by atoms with Gasteiger partial charge in [0.25, 0.3) is 0 Å². The van der Waals surface area contributed by atoms with Crippen LogP contribution >= 0.6 is 11.8 Å². The second kappa shape index (κ2) is 10.3. The van der Waals surface area contributed by atoms with Crippen molar-refractivity contribution >= 4 is 34.6 Å². The summed E-state index contributed by atoms with van der Waals surface area (Å²) in [5.41, 5.74) is 1.97. The summed E-state index contributed by atoms with van der Waals surface area (Å²) in [4.78, 5) is 14.9. The molecule has 1 amide bonds. The molecule has 4 aromatic rings. The van der Waals surface area contributed by atoms with E-state index in [4.69, 9.17) is 9.15 Å². The van der Waals surface area contributed by atoms with Crippen LogP contribution in [0.5, 0.6) is 0 Å². The molecule has 0 bridgehead atoms. The summed E-state index contributed by atoms with van der Waals surface area (Å²) < 4.78 is 13.5. The average molecular weight is 478 g/mol. The molecule has 2 aromatic heterocycles. The normalized spacial score (nSPS) is 14.9. The van der Waals surface area contributed by atoms with Crippen molar-refractivity contribution in [2.24, 2.45) is 0 Å². The summed E-state index contributed by atoms with van der Waals surface area (Å²) in [7, 11) is 0. The predicted octanol–water partition coefficient (Wildman–Crippen LogP) is 3.88. The van der Waals surface area contributed by atoms with E-state index in [2.05, 4.69) is 37.1 Å². The highest BCUT2D eigenvalue weighted by Crippen LogP contribution is 2.26. The van der Waals surface area contributed by atoms with Crippen LogP contribution in [0.15, 0.2) is 70.2 Å². The molecule has 5 rings (SSSR count). The molecular formula is C25H27N5O3S. The number of furan rings is 1. The summed E-state index contributed by atoms with van der Waals surface area (Å²) in [5, 5.41) is 13.7. The van der Waals surface area contributed by atoms with Gasteiger partial charge in [-0.3, -0.25) is 9.36 Å². The van der Waals surface area contributed by atoms with Crippen LogP contribution in [-0.2, 0) is 16.1 Å². The molecule has 1 fully saturated rings. The maximum atomic E-state index is 12.7. The second-order valence-corrected chi connectivity index (χ2v) is 9.16. The molecule has 1 saturated heterocycles. The molecule has 176 valence electrons. The highest BCUT2D eigenvalue weighted by molar-refractivity contribution is 7.99. The number of para-hydroxylation sites is 1. The van der Waals surface area contributed by atoms with Crippen molar-refractivity contribution in [3.8, 4) is 0 Å². The summed E-state index contributed by atoms with van der Waals surface area (Å²) in [6, 6.07) is 19.8. The number of hydrogen-bond acceptors (Lipinski definition) is 7. The third-order valence-corrected chi connectivity index (χ3v) is 6.72. The first kappa shape index (κ1) is 22.5. The number of benzene rings is 2. The molecule has 1 aliphatic rings. The zero-order valence-corrected chi connectivity index (χ0v) is 19.8. The Balaban J connectivity index is 1.27. The molecule has 0 spiro atoms. The first-order valence-electron chi connectivity index (χ1n) is 11.4. The van der Waals surface area contributed by atoms with Crippen molar-refractivity contribution in [2.75, 3.05) is 37.0 Å². The minimum Gasteiger partial charge on any atom is -0.459 e. The lowest BCUT2D eigenvalue weighted by Gasteiger charge is -2.28. The van der Waals surface area contributed by atoms with Crippen LogP contribution in [0.1, 0.15) is 24.3 Å². The molecule has 1 aliphatic heterocycles. The third-order valence-electron chi connectivity index (χ3n) is 5.76. The van der Waals surface area contributed by atoms with E-state index in [-0.39, 0.29) is 17.7 Å². The van der Waals surface area contributed by atoms with E-state index in [1.54, 1.807) is 0 Å². The van der Waals surface area contributed by atoms with E-state index in [1.165, 1.54) is 11.8 Å². The molecule has 0 aliphatic carbocycles. The van der Waals surface area contributed by atoms with Gasteiger partial charge in [-0.15, -0.1) is 10.2 Å². The van der Waals surface area contributed by atoms with Crippen molar-refractivity contribution in [3.63, 3.8) is 0 Å².